The second-order valence-corrected chi connectivity index (χ2v) is 15.4. The van der Waals surface area contributed by atoms with Crippen LogP contribution in [0.2, 0.25) is 0 Å². The Morgan fingerprint density at radius 1 is 0.397 bits per heavy atom. The topological polar surface area (TPSA) is 67.4 Å². The van der Waals surface area contributed by atoms with Gasteiger partial charge < -0.3 is 4.57 Å². The molecule has 270 valence electrons. The first-order valence-corrected chi connectivity index (χ1v) is 20.0. The van der Waals surface area contributed by atoms with Crippen molar-refractivity contribution in [3.05, 3.63) is 194 Å². The van der Waals surface area contributed by atoms with Gasteiger partial charge >= 0.3 is 0 Å². The van der Waals surface area contributed by atoms with Crippen LogP contribution in [0, 0.1) is 11.3 Å². The van der Waals surface area contributed by atoms with Gasteiger partial charge in [0.15, 0.2) is 17.5 Å². The molecule has 0 spiro atoms. The van der Waals surface area contributed by atoms with Gasteiger partial charge in [-0.2, -0.15) is 5.26 Å². The van der Waals surface area contributed by atoms with Crippen molar-refractivity contribution in [2.75, 3.05) is 0 Å². The molecule has 0 aliphatic carbocycles. The molecule has 0 saturated heterocycles. The van der Waals surface area contributed by atoms with E-state index in [-0.39, 0.29) is 0 Å². The van der Waals surface area contributed by atoms with Gasteiger partial charge in [0.25, 0.3) is 0 Å². The highest BCUT2D eigenvalue weighted by atomic mass is 32.1. The predicted molar refractivity (Wildman–Crippen MR) is 239 cm³/mol. The van der Waals surface area contributed by atoms with E-state index in [2.05, 4.69) is 114 Å². The van der Waals surface area contributed by atoms with Crippen LogP contribution in [0.1, 0.15) is 5.56 Å². The number of thiophene rings is 1. The molecule has 0 radical (unpaired) electrons. The minimum atomic E-state index is 0.584. The number of para-hydroxylation sites is 1. The zero-order valence-electron chi connectivity index (χ0n) is 31.0. The zero-order chi connectivity index (χ0) is 38.6. The lowest BCUT2D eigenvalue weighted by molar-refractivity contribution is 1.06. The molecule has 0 atom stereocenters. The molecule has 11 aromatic rings. The molecule has 0 aliphatic rings. The summed E-state index contributed by atoms with van der Waals surface area (Å²) in [6.07, 6.45) is 0. The Morgan fingerprint density at radius 3 is 1.69 bits per heavy atom. The molecule has 0 N–H and O–H groups in total. The number of hydrogen-bond acceptors (Lipinski definition) is 5. The van der Waals surface area contributed by atoms with E-state index < -0.39 is 0 Å². The summed E-state index contributed by atoms with van der Waals surface area (Å²) in [5, 5.41) is 14.3. The molecule has 0 fully saturated rings. The minimum Gasteiger partial charge on any atom is -0.308 e. The highest BCUT2D eigenvalue weighted by molar-refractivity contribution is 7.25. The van der Waals surface area contributed by atoms with Crippen molar-refractivity contribution >= 4 is 53.3 Å². The Kier molecular flexibility index (Phi) is 7.99. The normalized spacial score (nSPS) is 11.4. The van der Waals surface area contributed by atoms with E-state index in [9.17, 15) is 5.26 Å². The average Bonchev–Trinajstić information content (AvgIpc) is 3.84. The van der Waals surface area contributed by atoms with Crippen molar-refractivity contribution in [3.63, 3.8) is 0 Å². The largest absolute Gasteiger partial charge is 0.308 e. The van der Waals surface area contributed by atoms with Crippen LogP contribution in [-0.4, -0.2) is 19.5 Å². The van der Waals surface area contributed by atoms with Crippen LogP contribution < -0.4 is 0 Å². The molecule has 3 heterocycles. The molecular formula is C52H31N5S. The van der Waals surface area contributed by atoms with Crippen molar-refractivity contribution in [1.29, 1.82) is 5.26 Å². The fraction of sp³-hybridized carbons (Fsp3) is 0. The van der Waals surface area contributed by atoms with E-state index in [1.165, 1.54) is 20.2 Å². The highest BCUT2D eigenvalue weighted by Crippen LogP contribution is 2.41. The predicted octanol–water partition coefficient (Wildman–Crippen LogP) is 13.5. The Hall–Kier alpha value is -7.72. The van der Waals surface area contributed by atoms with Crippen molar-refractivity contribution < 1.29 is 0 Å². The van der Waals surface area contributed by atoms with Crippen LogP contribution in [-0.2, 0) is 0 Å². The molecule has 8 aromatic carbocycles. The van der Waals surface area contributed by atoms with E-state index in [0.29, 0.717) is 23.0 Å². The van der Waals surface area contributed by atoms with Crippen LogP contribution in [0.25, 0.3) is 104 Å². The maximum atomic E-state index is 9.47. The fourth-order valence-corrected chi connectivity index (χ4v) is 9.16. The van der Waals surface area contributed by atoms with Crippen LogP contribution in [0.4, 0.5) is 0 Å². The first-order valence-electron chi connectivity index (χ1n) is 19.2. The van der Waals surface area contributed by atoms with Gasteiger partial charge in [-0.15, -0.1) is 11.3 Å². The second kappa shape index (κ2) is 13.8. The fourth-order valence-electron chi connectivity index (χ4n) is 8.07. The third-order valence-corrected chi connectivity index (χ3v) is 12.1. The van der Waals surface area contributed by atoms with Gasteiger partial charge in [-0.3, -0.25) is 0 Å². The monoisotopic (exact) mass is 757 g/mol. The van der Waals surface area contributed by atoms with Crippen LogP contribution in [0.5, 0.6) is 0 Å². The summed E-state index contributed by atoms with van der Waals surface area (Å²) in [5.74, 6) is 1.80. The van der Waals surface area contributed by atoms with Crippen molar-refractivity contribution in [1.82, 2.24) is 19.5 Å². The molecule has 0 amide bonds. The molecule has 58 heavy (non-hydrogen) atoms. The standard InChI is InChI=1S/C52H31N5S/c53-32-33-19-21-34(22-20-33)39-23-26-41-40-15-7-9-17-45(40)57(47(41)31-39)46-27-24-37(38-25-28-49-43(29-38)42-16-8-10-18-48(42)58-49)30-44(46)52-55-50(35-11-3-1-4-12-35)54-51(56-52)36-13-5-2-6-14-36/h1-31H. The van der Waals surface area contributed by atoms with E-state index in [1.54, 1.807) is 0 Å². The third-order valence-electron chi connectivity index (χ3n) is 10.9. The van der Waals surface area contributed by atoms with E-state index in [4.69, 9.17) is 15.0 Å². The smallest absolute Gasteiger partial charge is 0.166 e. The summed E-state index contributed by atoms with van der Waals surface area (Å²) in [4.78, 5) is 15.6. The van der Waals surface area contributed by atoms with Gasteiger partial charge in [0.1, 0.15) is 0 Å². The molecule has 0 saturated carbocycles. The number of rotatable bonds is 6. The zero-order valence-corrected chi connectivity index (χ0v) is 31.9. The summed E-state index contributed by atoms with van der Waals surface area (Å²) in [6, 6.07) is 67.5. The second-order valence-electron chi connectivity index (χ2n) is 14.4. The van der Waals surface area contributed by atoms with E-state index in [0.717, 1.165) is 66.4 Å². The first kappa shape index (κ1) is 33.6. The summed E-state index contributed by atoms with van der Waals surface area (Å²) < 4.78 is 4.90. The molecule has 0 aliphatic heterocycles. The van der Waals surface area contributed by atoms with Crippen LogP contribution in [0.15, 0.2) is 188 Å². The number of aromatic nitrogens is 4. The lowest BCUT2D eigenvalue weighted by atomic mass is 9.99. The SMILES string of the molecule is N#Cc1ccc(-c2ccc3c4ccccc4n(-c4ccc(-c5ccc6sc7ccccc7c6c5)cc4-c4nc(-c5ccccc5)nc(-c5ccccc5)n4)c3c2)cc1. The summed E-state index contributed by atoms with van der Waals surface area (Å²) in [6.45, 7) is 0. The van der Waals surface area contributed by atoms with E-state index in [1.807, 2.05) is 96.3 Å². The molecule has 6 heteroatoms. The van der Waals surface area contributed by atoms with E-state index >= 15 is 0 Å². The lowest BCUT2D eigenvalue weighted by Crippen LogP contribution is -2.04. The third kappa shape index (κ3) is 5.73. The molecule has 0 bridgehead atoms. The average molecular weight is 758 g/mol. The maximum absolute atomic E-state index is 9.47. The van der Waals surface area contributed by atoms with Gasteiger partial charge in [0.05, 0.1) is 28.4 Å². The molecule has 5 nitrogen and oxygen atoms in total. The first-order chi connectivity index (χ1) is 28.7. The molecule has 0 unspecified atom stereocenters. The maximum Gasteiger partial charge on any atom is 0.166 e. The minimum absolute atomic E-state index is 0.584. The Labute approximate surface area is 338 Å². The Morgan fingerprint density at radius 2 is 0.948 bits per heavy atom. The van der Waals surface area contributed by atoms with Crippen molar-refractivity contribution in [3.8, 4) is 68.2 Å². The number of nitrogens with zero attached hydrogens (tertiary/aromatic N) is 5. The van der Waals surface area contributed by atoms with Gasteiger partial charge in [-0.05, 0) is 76.9 Å². The number of hydrogen-bond donors (Lipinski definition) is 0. The Bertz CT molecular complexity index is 3340. The van der Waals surface area contributed by atoms with Crippen LogP contribution >= 0.6 is 11.3 Å². The van der Waals surface area contributed by atoms with Crippen molar-refractivity contribution in [2.45, 2.75) is 0 Å². The lowest BCUT2D eigenvalue weighted by Gasteiger charge is -2.17. The quantitative estimate of drug-likeness (QED) is 0.169. The molecule has 11 rings (SSSR count). The molecule has 3 aromatic heterocycles. The summed E-state index contributed by atoms with van der Waals surface area (Å²) >= 11 is 1.82. The summed E-state index contributed by atoms with van der Waals surface area (Å²) in [7, 11) is 0. The number of benzene rings is 8. The number of nitriles is 1. The molecular weight excluding hydrogens is 727 g/mol. The van der Waals surface area contributed by atoms with Gasteiger partial charge in [0.2, 0.25) is 0 Å². The van der Waals surface area contributed by atoms with Crippen molar-refractivity contribution in [2.24, 2.45) is 0 Å². The van der Waals surface area contributed by atoms with Crippen LogP contribution in [0.3, 0.4) is 0 Å². The van der Waals surface area contributed by atoms with Gasteiger partial charge in [-0.25, -0.2) is 15.0 Å². The number of fused-ring (bicyclic) bond motifs is 6. The summed E-state index contributed by atoms with van der Waals surface area (Å²) in [5.41, 5.74) is 10.7. The van der Waals surface area contributed by atoms with Gasteiger partial charge in [-0.1, -0.05) is 133 Å². The highest BCUT2D eigenvalue weighted by Gasteiger charge is 2.21. The van der Waals surface area contributed by atoms with Gasteiger partial charge in [0, 0.05) is 47.6 Å². The Balaban J connectivity index is 1.20.